The van der Waals surface area contributed by atoms with E-state index in [2.05, 4.69) is 26.7 Å². The van der Waals surface area contributed by atoms with Gasteiger partial charge in [-0.2, -0.15) is 0 Å². The summed E-state index contributed by atoms with van der Waals surface area (Å²) < 4.78 is 8.06. The molecule has 2 aliphatic rings. The molecule has 5 rings (SSSR count). The Morgan fingerprint density at radius 2 is 1.84 bits per heavy atom. The number of aromatic nitrogens is 1. The van der Waals surface area contributed by atoms with Crippen molar-refractivity contribution in [3.63, 3.8) is 0 Å². The summed E-state index contributed by atoms with van der Waals surface area (Å²) in [6.07, 6.45) is 6.72. The SMILES string of the molecule is CCOc1ccc2c(NO)c(-c3ccc(NC(=O)NC4CCC4)cc3)n(C3CCC3)c2c1. The van der Waals surface area contributed by atoms with Crippen LogP contribution < -0.4 is 20.9 Å². The Kier molecular flexibility index (Phi) is 5.66. The summed E-state index contributed by atoms with van der Waals surface area (Å²) in [7, 11) is 0. The molecule has 32 heavy (non-hydrogen) atoms. The van der Waals surface area contributed by atoms with Gasteiger partial charge in [-0.15, -0.1) is 0 Å². The fourth-order valence-electron chi connectivity index (χ4n) is 4.58. The number of ether oxygens (including phenoxy) is 1. The maximum absolute atomic E-state index is 12.2. The molecule has 7 nitrogen and oxygen atoms in total. The molecule has 2 saturated carbocycles. The number of urea groups is 1. The molecule has 2 aliphatic carbocycles. The highest BCUT2D eigenvalue weighted by Crippen LogP contribution is 2.46. The van der Waals surface area contributed by atoms with Crippen LogP contribution in [0.1, 0.15) is 51.5 Å². The third kappa shape index (κ3) is 3.77. The number of fused-ring (bicyclic) bond motifs is 1. The van der Waals surface area contributed by atoms with Crippen LogP contribution >= 0.6 is 0 Å². The fourth-order valence-corrected chi connectivity index (χ4v) is 4.58. The Morgan fingerprint density at radius 1 is 1.09 bits per heavy atom. The van der Waals surface area contributed by atoms with Crippen LogP contribution in [0.25, 0.3) is 22.2 Å². The van der Waals surface area contributed by atoms with Crippen LogP contribution in [0, 0.1) is 0 Å². The van der Waals surface area contributed by atoms with E-state index in [1.807, 2.05) is 43.3 Å². The third-order valence-electron chi connectivity index (χ3n) is 6.70. The largest absolute Gasteiger partial charge is 0.494 e. The lowest BCUT2D eigenvalue weighted by molar-refractivity contribution is 0.240. The van der Waals surface area contributed by atoms with E-state index in [9.17, 15) is 10.0 Å². The van der Waals surface area contributed by atoms with E-state index in [0.29, 0.717) is 24.4 Å². The quantitative estimate of drug-likeness (QED) is 0.348. The van der Waals surface area contributed by atoms with Crippen LogP contribution in [0.3, 0.4) is 0 Å². The van der Waals surface area contributed by atoms with E-state index in [4.69, 9.17) is 4.74 Å². The molecule has 1 heterocycles. The molecule has 2 amide bonds. The van der Waals surface area contributed by atoms with Gasteiger partial charge in [-0.1, -0.05) is 12.1 Å². The molecular weight excluding hydrogens is 404 g/mol. The molecule has 2 aromatic carbocycles. The van der Waals surface area contributed by atoms with Crippen LogP contribution in [0.4, 0.5) is 16.2 Å². The second kappa shape index (κ2) is 8.74. The topological polar surface area (TPSA) is 87.6 Å². The van der Waals surface area contributed by atoms with Gasteiger partial charge in [-0.05, 0) is 69.7 Å². The highest BCUT2D eigenvalue weighted by molar-refractivity contribution is 6.02. The number of carbonyl (C=O) groups excluding carboxylic acids is 1. The van der Waals surface area contributed by atoms with Crippen molar-refractivity contribution in [3.05, 3.63) is 42.5 Å². The predicted molar refractivity (Wildman–Crippen MR) is 127 cm³/mol. The second-order valence-corrected chi connectivity index (χ2v) is 8.71. The summed E-state index contributed by atoms with van der Waals surface area (Å²) >= 11 is 0. The van der Waals surface area contributed by atoms with Gasteiger partial charge in [0.1, 0.15) is 5.75 Å². The van der Waals surface area contributed by atoms with Gasteiger partial charge in [0.25, 0.3) is 0 Å². The van der Waals surface area contributed by atoms with Crippen LogP contribution in [-0.2, 0) is 0 Å². The Balaban J connectivity index is 1.50. The first-order valence-electron chi connectivity index (χ1n) is 11.6. The molecule has 0 bridgehead atoms. The van der Waals surface area contributed by atoms with Crippen LogP contribution in [0.15, 0.2) is 42.5 Å². The van der Waals surface area contributed by atoms with E-state index in [1.165, 1.54) is 12.8 Å². The summed E-state index contributed by atoms with van der Waals surface area (Å²) in [5, 5.41) is 16.9. The molecule has 7 heteroatoms. The Hall–Kier alpha value is -3.19. The van der Waals surface area contributed by atoms with Crippen molar-refractivity contribution >= 4 is 28.3 Å². The number of carbonyl (C=O) groups is 1. The van der Waals surface area contributed by atoms with Crippen molar-refractivity contribution in [2.75, 3.05) is 17.4 Å². The Labute approximate surface area is 187 Å². The molecule has 0 radical (unpaired) electrons. The fraction of sp³-hybridized carbons (Fsp3) is 0.400. The van der Waals surface area contributed by atoms with Gasteiger partial charge >= 0.3 is 6.03 Å². The van der Waals surface area contributed by atoms with Gasteiger partial charge in [-0.25, -0.2) is 4.79 Å². The average molecular weight is 435 g/mol. The highest BCUT2D eigenvalue weighted by atomic mass is 16.5. The molecule has 3 aromatic rings. The first kappa shape index (κ1) is 20.7. The summed E-state index contributed by atoms with van der Waals surface area (Å²) in [6, 6.07) is 14.3. The van der Waals surface area contributed by atoms with E-state index in [-0.39, 0.29) is 6.03 Å². The second-order valence-electron chi connectivity index (χ2n) is 8.71. The number of nitrogens with one attached hydrogen (secondary N) is 3. The maximum Gasteiger partial charge on any atom is 0.319 e. The normalized spacial score (nSPS) is 16.3. The smallest absolute Gasteiger partial charge is 0.319 e. The third-order valence-corrected chi connectivity index (χ3v) is 6.70. The van der Waals surface area contributed by atoms with Crippen molar-refractivity contribution in [3.8, 4) is 17.0 Å². The van der Waals surface area contributed by atoms with E-state index < -0.39 is 0 Å². The number of rotatable bonds is 7. The minimum absolute atomic E-state index is 0.160. The molecule has 4 N–H and O–H groups in total. The van der Waals surface area contributed by atoms with Crippen molar-refractivity contribution in [2.24, 2.45) is 0 Å². The highest BCUT2D eigenvalue weighted by Gasteiger charge is 2.28. The minimum atomic E-state index is -0.160. The van der Waals surface area contributed by atoms with Crippen molar-refractivity contribution in [2.45, 2.75) is 57.5 Å². The standard InChI is InChI=1S/C25H30N4O3/c1-2-32-20-13-14-21-22(15-20)29(19-7-4-8-19)24(23(21)28-31)16-9-11-18(12-10-16)27-25(30)26-17-5-3-6-17/h9-15,17,19,28,31H,2-8H2,1H3,(H2,26,27,30). The molecule has 2 fully saturated rings. The molecule has 1 aromatic heterocycles. The average Bonchev–Trinajstić information content (AvgIpc) is 3.04. The lowest BCUT2D eigenvalue weighted by Gasteiger charge is -2.30. The van der Waals surface area contributed by atoms with Gasteiger partial charge in [0.2, 0.25) is 0 Å². The van der Waals surface area contributed by atoms with Gasteiger partial charge in [-0.3, -0.25) is 10.7 Å². The van der Waals surface area contributed by atoms with E-state index in [0.717, 1.165) is 59.3 Å². The van der Waals surface area contributed by atoms with Gasteiger partial charge in [0.05, 0.1) is 23.5 Å². The molecule has 0 saturated heterocycles. The Morgan fingerprint density at radius 3 is 2.44 bits per heavy atom. The van der Waals surface area contributed by atoms with E-state index >= 15 is 0 Å². The summed E-state index contributed by atoms with van der Waals surface area (Å²) in [6.45, 7) is 2.58. The van der Waals surface area contributed by atoms with Crippen molar-refractivity contribution in [1.29, 1.82) is 0 Å². The lowest BCUT2D eigenvalue weighted by Crippen LogP contribution is -2.41. The Bertz CT molecular complexity index is 1110. The first-order valence-corrected chi connectivity index (χ1v) is 11.6. The number of amides is 2. The number of hydrogen-bond donors (Lipinski definition) is 4. The van der Waals surface area contributed by atoms with Crippen LogP contribution in [-0.4, -0.2) is 28.5 Å². The number of anilines is 2. The van der Waals surface area contributed by atoms with Crippen LogP contribution in [0.2, 0.25) is 0 Å². The summed E-state index contributed by atoms with van der Waals surface area (Å²) in [4.78, 5) is 12.2. The van der Waals surface area contributed by atoms with Crippen LogP contribution in [0.5, 0.6) is 5.75 Å². The zero-order valence-corrected chi connectivity index (χ0v) is 18.4. The minimum Gasteiger partial charge on any atom is -0.494 e. The number of nitrogens with zero attached hydrogens (tertiary/aromatic N) is 1. The van der Waals surface area contributed by atoms with Gasteiger partial charge < -0.3 is 19.9 Å². The lowest BCUT2D eigenvalue weighted by atomic mass is 9.92. The molecule has 0 unspecified atom stereocenters. The van der Waals surface area contributed by atoms with Crippen molar-refractivity contribution in [1.82, 2.24) is 9.88 Å². The van der Waals surface area contributed by atoms with Gasteiger partial charge in [0, 0.05) is 34.8 Å². The molecular formula is C25H30N4O3. The van der Waals surface area contributed by atoms with Crippen molar-refractivity contribution < 1.29 is 14.7 Å². The zero-order chi connectivity index (χ0) is 22.1. The van der Waals surface area contributed by atoms with E-state index in [1.54, 1.807) is 0 Å². The summed E-state index contributed by atoms with van der Waals surface area (Å²) in [5.74, 6) is 0.825. The summed E-state index contributed by atoms with van der Waals surface area (Å²) in [5.41, 5.74) is 6.87. The monoisotopic (exact) mass is 434 g/mol. The number of benzene rings is 2. The first-order chi connectivity index (χ1) is 15.7. The molecule has 0 atom stereocenters. The van der Waals surface area contributed by atoms with Gasteiger partial charge in [0.15, 0.2) is 0 Å². The molecule has 0 spiro atoms. The predicted octanol–water partition coefficient (Wildman–Crippen LogP) is 5.91. The molecule has 168 valence electrons. The molecule has 0 aliphatic heterocycles. The number of hydrogen-bond acceptors (Lipinski definition) is 4. The zero-order valence-electron chi connectivity index (χ0n) is 18.4. The maximum atomic E-state index is 12.2.